The topological polar surface area (TPSA) is 101 Å². The molecule has 5 nitrogen and oxygen atoms in total. The first-order chi connectivity index (χ1) is 9.43. The van der Waals surface area contributed by atoms with Gasteiger partial charge >= 0.3 is 0 Å². The van der Waals surface area contributed by atoms with Crippen LogP contribution in [0.1, 0.15) is 20.3 Å². The van der Waals surface area contributed by atoms with Crippen LogP contribution in [0.25, 0.3) is 11.1 Å². The van der Waals surface area contributed by atoms with Gasteiger partial charge in [-0.2, -0.15) is 0 Å². The molecule has 5 N–H and O–H groups in total. The van der Waals surface area contributed by atoms with Gasteiger partial charge in [0.1, 0.15) is 11.5 Å². The predicted molar refractivity (Wildman–Crippen MR) is 76.2 cm³/mol. The maximum Gasteiger partial charge on any atom is 0.201 e. The van der Waals surface area contributed by atoms with Crippen LogP contribution in [0, 0.1) is 0 Å². The Balaban J connectivity index is 0.000000612. The van der Waals surface area contributed by atoms with Gasteiger partial charge in [0.15, 0.2) is 11.5 Å². The fraction of sp³-hybridized carbons (Fsp3) is 0.200. The molecule has 0 aromatic heterocycles. The fourth-order valence-electron chi connectivity index (χ4n) is 1.58. The molecule has 0 saturated heterocycles. The molecular formula is C15H18O5. The monoisotopic (exact) mass is 278 g/mol. The van der Waals surface area contributed by atoms with Crippen molar-refractivity contribution in [3.8, 4) is 39.9 Å². The van der Waals surface area contributed by atoms with Gasteiger partial charge in [0.2, 0.25) is 5.75 Å². The summed E-state index contributed by atoms with van der Waals surface area (Å²) in [7, 11) is 0. The first kappa shape index (κ1) is 15.5. The van der Waals surface area contributed by atoms with Crippen molar-refractivity contribution in [3.63, 3.8) is 0 Å². The second kappa shape index (κ2) is 6.56. The van der Waals surface area contributed by atoms with E-state index >= 15 is 0 Å². The van der Waals surface area contributed by atoms with E-state index in [-0.39, 0.29) is 16.9 Å². The Bertz CT molecular complexity index is 593. The predicted octanol–water partition coefficient (Wildman–Crippen LogP) is 3.30. The Hall–Kier alpha value is -2.56. The molecule has 0 heterocycles. The molecule has 0 amide bonds. The van der Waals surface area contributed by atoms with Gasteiger partial charge in [-0.15, -0.1) is 0 Å². The Morgan fingerprint density at radius 1 is 0.750 bits per heavy atom. The maximum atomic E-state index is 9.66. The van der Waals surface area contributed by atoms with Gasteiger partial charge in [-0.25, -0.2) is 0 Å². The molecule has 0 aliphatic carbocycles. The quantitative estimate of drug-likeness (QED) is 0.407. The summed E-state index contributed by atoms with van der Waals surface area (Å²) in [5, 5.41) is 47.5. The zero-order valence-electron chi connectivity index (χ0n) is 11.3. The standard InChI is InChI=1S/C12H10O5.C3H8/c13-7-4-2-1-3-6(7)10-8(14)5-9(15)11(16)12(10)17;1-3-2/h1-5,13-17H;3H2,1-2H3. The molecule has 0 unspecified atom stereocenters. The smallest absolute Gasteiger partial charge is 0.201 e. The number of phenolic OH excluding ortho intramolecular Hbond substituents is 5. The van der Waals surface area contributed by atoms with E-state index in [1.54, 1.807) is 12.1 Å². The van der Waals surface area contributed by atoms with Gasteiger partial charge in [-0.1, -0.05) is 38.5 Å². The van der Waals surface area contributed by atoms with E-state index in [9.17, 15) is 25.5 Å². The lowest BCUT2D eigenvalue weighted by Crippen LogP contribution is -1.83. The van der Waals surface area contributed by atoms with Gasteiger partial charge < -0.3 is 25.5 Å². The third-order valence-electron chi connectivity index (χ3n) is 2.41. The van der Waals surface area contributed by atoms with Crippen LogP contribution >= 0.6 is 0 Å². The second-order valence-electron chi connectivity index (χ2n) is 4.21. The third-order valence-corrected chi connectivity index (χ3v) is 2.41. The number of rotatable bonds is 1. The number of para-hydroxylation sites is 1. The molecule has 0 fully saturated rings. The average molecular weight is 278 g/mol. The molecule has 0 saturated carbocycles. The Morgan fingerprint density at radius 3 is 1.85 bits per heavy atom. The van der Waals surface area contributed by atoms with Gasteiger partial charge in [-0.05, 0) is 6.07 Å². The fourth-order valence-corrected chi connectivity index (χ4v) is 1.58. The van der Waals surface area contributed by atoms with E-state index in [2.05, 4.69) is 13.8 Å². The van der Waals surface area contributed by atoms with Crippen molar-refractivity contribution in [2.24, 2.45) is 0 Å². The van der Waals surface area contributed by atoms with Crippen LogP contribution in [-0.2, 0) is 0 Å². The minimum Gasteiger partial charge on any atom is -0.507 e. The van der Waals surface area contributed by atoms with E-state index in [4.69, 9.17) is 0 Å². The number of hydrogen-bond acceptors (Lipinski definition) is 5. The summed E-state index contributed by atoms with van der Waals surface area (Å²) < 4.78 is 0. The van der Waals surface area contributed by atoms with Crippen molar-refractivity contribution in [1.29, 1.82) is 0 Å². The Labute approximate surface area is 117 Å². The number of phenols is 5. The van der Waals surface area contributed by atoms with E-state index in [0.29, 0.717) is 0 Å². The molecule has 108 valence electrons. The lowest BCUT2D eigenvalue weighted by Gasteiger charge is -2.11. The number of benzene rings is 2. The molecule has 0 radical (unpaired) electrons. The van der Waals surface area contributed by atoms with Crippen molar-refractivity contribution in [3.05, 3.63) is 30.3 Å². The van der Waals surface area contributed by atoms with Gasteiger partial charge in [0, 0.05) is 11.6 Å². The van der Waals surface area contributed by atoms with Gasteiger partial charge in [0.05, 0.1) is 5.56 Å². The van der Waals surface area contributed by atoms with Crippen LogP contribution in [0.3, 0.4) is 0 Å². The minimum atomic E-state index is -0.749. The van der Waals surface area contributed by atoms with Crippen LogP contribution in [0.5, 0.6) is 28.7 Å². The zero-order valence-corrected chi connectivity index (χ0v) is 11.3. The summed E-state index contributed by atoms with van der Waals surface area (Å²) in [5.74, 6) is -2.69. The molecule has 0 atom stereocenters. The Morgan fingerprint density at radius 2 is 1.30 bits per heavy atom. The van der Waals surface area contributed by atoms with E-state index in [1.807, 2.05) is 0 Å². The summed E-state index contributed by atoms with van der Waals surface area (Å²) in [4.78, 5) is 0. The van der Waals surface area contributed by atoms with E-state index in [0.717, 1.165) is 6.07 Å². The molecule has 0 aliphatic rings. The molecular weight excluding hydrogens is 260 g/mol. The van der Waals surface area contributed by atoms with Crippen molar-refractivity contribution in [2.75, 3.05) is 0 Å². The minimum absolute atomic E-state index is 0.140. The van der Waals surface area contributed by atoms with Crippen molar-refractivity contribution >= 4 is 0 Å². The summed E-state index contributed by atoms with van der Waals surface area (Å²) >= 11 is 0. The molecule has 0 bridgehead atoms. The summed E-state index contributed by atoms with van der Waals surface area (Å²) in [6.45, 7) is 4.25. The lowest BCUT2D eigenvalue weighted by molar-refractivity contribution is 0.362. The number of aromatic hydroxyl groups is 5. The molecule has 0 spiro atoms. The molecule has 2 rings (SSSR count). The van der Waals surface area contributed by atoms with Crippen molar-refractivity contribution < 1.29 is 25.5 Å². The highest BCUT2D eigenvalue weighted by Crippen LogP contribution is 2.49. The summed E-state index contributed by atoms with van der Waals surface area (Å²) in [6, 6.07) is 6.89. The highest BCUT2D eigenvalue weighted by Gasteiger charge is 2.19. The van der Waals surface area contributed by atoms with Crippen molar-refractivity contribution in [2.45, 2.75) is 20.3 Å². The highest BCUT2D eigenvalue weighted by molar-refractivity contribution is 5.84. The van der Waals surface area contributed by atoms with Crippen molar-refractivity contribution in [1.82, 2.24) is 0 Å². The first-order valence-electron chi connectivity index (χ1n) is 6.19. The van der Waals surface area contributed by atoms with Crippen LogP contribution in [0.15, 0.2) is 30.3 Å². The lowest BCUT2D eigenvalue weighted by atomic mass is 10.0. The van der Waals surface area contributed by atoms with Gasteiger partial charge in [-0.3, -0.25) is 0 Å². The maximum absolute atomic E-state index is 9.66. The van der Waals surface area contributed by atoms with Crippen LogP contribution in [0.4, 0.5) is 0 Å². The van der Waals surface area contributed by atoms with E-state index in [1.165, 1.54) is 18.6 Å². The van der Waals surface area contributed by atoms with Crippen LogP contribution < -0.4 is 0 Å². The molecule has 0 aliphatic heterocycles. The van der Waals surface area contributed by atoms with Gasteiger partial charge in [0.25, 0.3) is 0 Å². The number of hydrogen-bond donors (Lipinski definition) is 5. The second-order valence-corrected chi connectivity index (χ2v) is 4.21. The first-order valence-corrected chi connectivity index (χ1v) is 6.19. The molecule has 2 aromatic rings. The third kappa shape index (κ3) is 3.06. The molecule has 20 heavy (non-hydrogen) atoms. The van der Waals surface area contributed by atoms with Crippen LogP contribution in [-0.4, -0.2) is 25.5 Å². The zero-order chi connectivity index (χ0) is 15.3. The highest BCUT2D eigenvalue weighted by atomic mass is 16.3. The normalized spacial score (nSPS) is 9.70. The Kier molecular flexibility index (Phi) is 5.08. The van der Waals surface area contributed by atoms with E-state index < -0.39 is 23.0 Å². The van der Waals surface area contributed by atoms with Crippen LogP contribution in [0.2, 0.25) is 0 Å². The summed E-state index contributed by atoms with van der Waals surface area (Å²) in [6.07, 6.45) is 1.25. The SMILES string of the molecule is CCC.Oc1ccccc1-c1c(O)cc(O)c(O)c1O. The molecule has 5 heteroatoms. The molecule has 2 aromatic carbocycles. The summed E-state index contributed by atoms with van der Waals surface area (Å²) in [5.41, 5.74) is 0.0104. The largest absolute Gasteiger partial charge is 0.507 e. The average Bonchev–Trinajstić information content (AvgIpc) is 2.39.